The Kier molecular flexibility index (Phi) is 5.67. The molecule has 19 heavy (non-hydrogen) atoms. The lowest BCUT2D eigenvalue weighted by Gasteiger charge is -2.21. The molecule has 0 aliphatic carbocycles. The number of nitrogens with zero attached hydrogens (tertiary/aromatic N) is 1. The molecule has 2 heterocycles. The third kappa shape index (κ3) is 4.48. The summed E-state index contributed by atoms with van der Waals surface area (Å²) in [4.78, 5) is 15.3. The normalized spacial score (nSPS) is 18.7. The predicted octanol–water partition coefficient (Wildman–Crippen LogP) is 3.28. The summed E-state index contributed by atoms with van der Waals surface area (Å²) in [7, 11) is 0. The summed E-state index contributed by atoms with van der Waals surface area (Å²) in [5.41, 5.74) is 0. The van der Waals surface area contributed by atoms with E-state index in [4.69, 9.17) is 11.6 Å². The van der Waals surface area contributed by atoms with Crippen LogP contribution in [0.25, 0.3) is 0 Å². The minimum absolute atomic E-state index is 0.251. The Labute approximate surface area is 123 Å². The molecule has 0 spiro atoms. The molecule has 1 aliphatic heterocycles. The minimum atomic E-state index is 0.251. The first-order chi connectivity index (χ1) is 9.19. The molecule has 3 nitrogen and oxygen atoms in total. The van der Waals surface area contributed by atoms with Gasteiger partial charge in [0.2, 0.25) is 5.91 Å². The van der Waals surface area contributed by atoms with Gasteiger partial charge in [0.05, 0.1) is 10.9 Å². The highest BCUT2D eigenvalue weighted by Gasteiger charge is 2.18. The molecule has 1 saturated heterocycles. The highest BCUT2D eigenvalue weighted by atomic mass is 35.5. The van der Waals surface area contributed by atoms with Crippen molar-refractivity contribution >= 4 is 28.8 Å². The molecule has 1 unspecified atom stereocenters. The van der Waals surface area contributed by atoms with Crippen molar-refractivity contribution in [2.45, 2.75) is 45.2 Å². The van der Waals surface area contributed by atoms with Gasteiger partial charge < -0.3 is 10.2 Å². The Morgan fingerprint density at radius 2 is 2.42 bits per heavy atom. The Morgan fingerprint density at radius 3 is 3.00 bits per heavy atom. The zero-order chi connectivity index (χ0) is 13.7. The molecule has 1 aliphatic rings. The van der Waals surface area contributed by atoms with Gasteiger partial charge in [-0.05, 0) is 44.9 Å². The van der Waals surface area contributed by atoms with E-state index in [9.17, 15) is 4.79 Å². The largest absolute Gasteiger partial charge is 0.338 e. The molecule has 2 rings (SSSR count). The van der Waals surface area contributed by atoms with Crippen LogP contribution in [-0.2, 0) is 11.3 Å². The first-order valence-corrected chi connectivity index (χ1v) is 8.14. The Morgan fingerprint density at radius 1 is 1.58 bits per heavy atom. The molecular formula is C14H21ClN2OS. The third-order valence-corrected chi connectivity index (χ3v) is 4.79. The lowest BCUT2D eigenvalue weighted by molar-refractivity contribution is -0.131. The van der Waals surface area contributed by atoms with Crippen molar-refractivity contribution in [3.63, 3.8) is 0 Å². The standard InChI is InChI=1S/C14H21ClN2OS/c1-2-17(10-12-6-7-13(15)19-12)14(18)8-5-11-4-3-9-16-11/h6-7,11,16H,2-5,8-10H2,1H3. The number of rotatable bonds is 6. The number of thiophene rings is 1. The van der Waals surface area contributed by atoms with E-state index in [0.717, 1.165) is 28.7 Å². The molecule has 1 fully saturated rings. The summed E-state index contributed by atoms with van der Waals surface area (Å²) in [6.45, 7) is 4.57. The molecule has 0 bridgehead atoms. The minimum Gasteiger partial charge on any atom is -0.338 e. The van der Waals surface area contributed by atoms with E-state index in [1.54, 1.807) is 11.3 Å². The average Bonchev–Trinajstić information content (AvgIpc) is 3.04. The van der Waals surface area contributed by atoms with Crippen molar-refractivity contribution in [3.8, 4) is 0 Å². The van der Waals surface area contributed by atoms with Gasteiger partial charge >= 0.3 is 0 Å². The molecule has 5 heteroatoms. The molecule has 1 aromatic heterocycles. The number of halogens is 1. The van der Waals surface area contributed by atoms with E-state index in [-0.39, 0.29) is 5.91 Å². The van der Waals surface area contributed by atoms with Crippen LogP contribution in [0.1, 0.15) is 37.5 Å². The number of hydrogen-bond acceptors (Lipinski definition) is 3. The third-order valence-electron chi connectivity index (χ3n) is 3.58. The predicted molar refractivity (Wildman–Crippen MR) is 80.7 cm³/mol. The highest BCUT2D eigenvalue weighted by molar-refractivity contribution is 7.16. The second-order valence-corrected chi connectivity index (χ2v) is 6.75. The molecule has 0 aromatic carbocycles. The van der Waals surface area contributed by atoms with Crippen LogP contribution < -0.4 is 5.32 Å². The van der Waals surface area contributed by atoms with Gasteiger partial charge in [-0.1, -0.05) is 11.6 Å². The van der Waals surface area contributed by atoms with Crippen molar-refractivity contribution in [2.24, 2.45) is 0 Å². The fourth-order valence-electron chi connectivity index (χ4n) is 2.46. The van der Waals surface area contributed by atoms with E-state index in [2.05, 4.69) is 5.32 Å². The lowest BCUT2D eigenvalue weighted by atomic mass is 10.1. The van der Waals surface area contributed by atoms with E-state index in [1.165, 1.54) is 12.8 Å². The second kappa shape index (κ2) is 7.27. The molecule has 1 N–H and O–H groups in total. The van der Waals surface area contributed by atoms with Crippen LogP contribution in [0.5, 0.6) is 0 Å². The maximum absolute atomic E-state index is 12.2. The van der Waals surface area contributed by atoms with Crippen molar-refractivity contribution in [1.82, 2.24) is 10.2 Å². The van der Waals surface area contributed by atoms with Crippen LogP contribution in [0.2, 0.25) is 4.34 Å². The molecular weight excluding hydrogens is 280 g/mol. The molecule has 1 aromatic rings. The summed E-state index contributed by atoms with van der Waals surface area (Å²) in [5.74, 6) is 0.251. The zero-order valence-electron chi connectivity index (χ0n) is 11.3. The van der Waals surface area contributed by atoms with Gasteiger partial charge in [0, 0.05) is 23.9 Å². The molecule has 0 saturated carbocycles. The van der Waals surface area contributed by atoms with Gasteiger partial charge in [0.1, 0.15) is 0 Å². The first-order valence-electron chi connectivity index (χ1n) is 6.94. The van der Waals surface area contributed by atoms with E-state index in [0.29, 0.717) is 19.0 Å². The van der Waals surface area contributed by atoms with Crippen LogP contribution in [0, 0.1) is 0 Å². The van der Waals surface area contributed by atoms with Crippen LogP contribution in [0.15, 0.2) is 12.1 Å². The lowest BCUT2D eigenvalue weighted by Crippen LogP contribution is -2.31. The van der Waals surface area contributed by atoms with Crippen molar-refractivity contribution in [2.75, 3.05) is 13.1 Å². The highest BCUT2D eigenvalue weighted by Crippen LogP contribution is 2.23. The summed E-state index contributed by atoms with van der Waals surface area (Å²) in [6, 6.07) is 4.43. The number of amides is 1. The van der Waals surface area contributed by atoms with Crippen molar-refractivity contribution in [3.05, 3.63) is 21.3 Å². The van der Waals surface area contributed by atoms with Crippen LogP contribution >= 0.6 is 22.9 Å². The topological polar surface area (TPSA) is 32.3 Å². The van der Waals surface area contributed by atoms with E-state index in [1.807, 2.05) is 24.0 Å². The van der Waals surface area contributed by atoms with Gasteiger partial charge in [-0.2, -0.15) is 0 Å². The summed E-state index contributed by atoms with van der Waals surface area (Å²) in [6.07, 6.45) is 4.05. The van der Waals surface area contributed by atoms with Gasteiger partial charge in [-0.15, -0.1) is 11.3 Å². The quantitative estimate of drug-likeness (QED) is 0.874. The first kappa shape index (κ1) is 14.8. The Balaban J connectivity index is 1.80. The molecule has 1 amide bonds. The number of carbonyl (C=O) groups excluding carboxylic acids is 1. The fourth-order valence-corrected chi connectivity index (χ4v) is 3.56. The fraction of sp³-hybridized carbons (Fsp3) is 0.643. The zero-order valence-corrected chi connectivity index (χ0v) is 12.9. The van der Waals surface area contributed by atoms with E-state index >= 15 is 0 Å². The molecule has 0 radical (unpaired) electrons. The second-order valence-electron chi connectivity index (χ2n) is 4.95. The molecule has 1 atom stereocenters. The maximum Gasteiger partial charge on any atom is 0.222 e. The van der Waals surface area contributed by atoms with E-state index < -0.39 is 0 Å². The Bertz CT molecular complexity index is 415. The summed E-state index contributed by atoms with van der Waals surface area (Å²) >= 11 is 7.47. The average molecular weight is 301 g/mol. The van der Waals surface area contributed by atoms with Gasteiger partial charge in [-0.3, -0.25) is 4.79 Å². The van der Waals surface area contributed by atoms with Crippen LogP contribution in [-0.4, -0.2) is 29.9 Å². The summed E-state index contributed by atoms with van der Waals surface area (Å²) < 4.78 is 0.786. The number of nitrogens with one attached hydrogen (secondary N) is 1. The van der Waals surface area contributed by atoms with Crippen LogP contribution in [0.4, 0.5) is 0 Å². The van der Waals surface area contributed by atoms with Crippen molar-refractivity contribution < 1.29 is 4.79 Å². The van der Waals surface area contributed by atoms with Gasteiger partial charge in [0.25, 0.3) is 0 Å². The maximum atomic E-state index is 12.2. The number of carbonyl (C=O) groups is 1. The summed E-state index contributed by atoms with van der Waals surface area (Å²) in [5, 5.41) is 3.44. The SMILES string of the molecule is CCN(Cc1ccc(Cl)s1)C(=O)CCC1CCCN1. The Hall–Kier alpha value is -0.580. The van der Waals surface area contributed by atoms with Gasteiger partial charge in [0.15, 0.2) is 0 Å². The van der Waals surface area contributed by atoms with Crippen LogP contribution in [0.3, 0.4) is 0 Å². The smallest absolute Gasteiger partial charge is 0.222 e. The van der Waals surface area contributed by atoms with Gasteiger partial charge in [-0.25, -0.2) is 0 Å². The molecule has 106 valence electrons. The monoisotopic (exact) mass is 300 g/mol. The number of hydrogen-bond donors (Lipinski definition) is 1. The van der Waals surface area contributed by atoms with Crippen molar-refractivity contribution in [1.29, 1.82) is 0 Å².